The Labute approximate surface area is 77.7 Å². The van der Waals surface area contributed by atoms with E-state index in [4.69, 9.17) is 21.8 Å². The molecule has 1 heterocycles. The number of rotatable bonds is 4. The molecule has 68 valence electrons. The van der Waals surface area contributed by atoms with Gasteiger partial charge in [0, 0.05) is 0 Å². The minimum absolute atomic E-state index is 0.00236. The molecule has 0 bridgehead atoms. The van der Waals surface area contributed by atoms with Crippen molar-refractivity contribution in [3.63, 3.8) is 0 Å². The molecule has 1 aromatic heterocycles. The quantitative estimate of drug-likeness (QED) is 0.787. The molecule has 2 N–H and O–H groups in total. The number of hydrogen-bond acceptors (Lipinski definition) is 2. The second kappa shape index (κ2) is 4.53. The molecule has 0 spiro atoms. The van der Waals surface area contributed by atoms with E-state index < -0.39 is 0 Å². The van der Waals surface area contributed by atoms with Crippen LogP contribution in [0.2, 0.25) is 5.22 Å². The zero-order valence-electron chi connectivity index (χ0n) is 7.22. The molecule has 1 rings (SSSR count). The first-order valence-corrected chi connectivity index (χ1v) is 4.62. The Bertz CT molecular complexity index is 234. The summed E-state index contributed by atoms with van der Waals surface area (Å²) < 4.78 is 5.18. The van der Waals surface area contributed by atoms with Gasteiger partial charge in [0.1, 0.15) is 5.76 Å². The molecule has 1 unspecified atom stereocenters. The number of furan rings is 1. The Morgan fingerprint density at radius 2 is 2.33 bits per heavy atom. The summed E-state index contributed by atoms with van der Waals surface area (Å²) in [5.74, 6) is 0.786. The van der Waals surface area contributed by atoms with Gasteiger partial charge in [-0.2, -0.15) is 0 Å². The topological polar surface area (TPSA) is 39.2 Å². The molecule has 0 aliphatic rings. The van der Waals surface area contributed by atoms with E-state index in [0.717, 1.165) is 25.0 Å². The minimum Gasteiger partial charge on any atom is -0.448 e. The molecule has 0 aliphatic heterocycles. The van der Waals surface area contributed by atoms with Gasteiger partial charge in [-0.15, -0.1) is 0 Å². The molecule has 3 heteroatoms. The van der Waals surface area contributed by atoms with Gasteiger partial charge in [-0.3, -0.25) is 0 Å². The molecule has 0 radical (unpaired) electrons. The SMILES string of the molecule is CCCCC(N)c1ccc(Cl)o1. The van der Waals surface area contributed by atoms with Crippen molar-refractivity contribution in [3.05, 3.63) is 23.1 Å². The summed E-state index contributed by atoms with van der Waals surface area (Å²) in [6.45, 7) is 2.14. The van der Waals surface area contributed by atoms with Crippen LogP contribution in [0.3, 0.4) is 0 Å². The maximum absolute atomic E-state index is 5.84. The van der Waals surface area contributed by atoms with E-state index in [2.05, 4.69) is 6.92 Å². The average Bonchev–Trinajstić information content (AvgIpc) is 2.47. The molecule has 0 saturated carbocycles. The zero-order chi connectivity index (χ0) is 8.97. The molecule has 0 fully saturated rings. The first kappa shape index (κ1) is 9.62. The van der Waals surface area contributed by atoms with Crippen molar-refractivity contribution in [2.45, 2.75) is 32.2 Å². The van der Waals surface area contributed by atoms with Crippen molar-refractivity contribution < 1.29 is 4.42 Å². The minimum atomic E-state index is -0.00236. The summed E-state index contributed by atoms with van der Waals surface area (Å²) >= 11 is 5.62. The summed E-state index contributed by atoms with van der Waals surface area (Å²) in [7, 11) is 0. The van der Waals surface area contributed by atoms with Gasteiger partial charge >= 0.3 is 0 Å². The van der Waals surface area contributed by atoms with Crippen molar-refractivity contribution in [1.29, 1.82) is 0 Å². The Kier molecular flexibility index (Phi) is 3.63. The molecular weight excluding hydrogens is 174 g/mol. The van der Waals surface area contributed by atoms with Crippen LogP contribution in [0.1, 0.15) is 38.0 Å². The van der Waals surface area contributed by atoms with Gasteiger partial charge in [0.25, 0.3) is 0 Å². The predicted molar refractivity (Wildman–Crippen MR) is 50.2 cm³/mol. The molecule has 0 aromatic carbocycles. The number of unbranched alkanes of at least 4 members (excludes halogenated alkanes) is 1. The van der Waals surface area contributed by atoms with E-state index in [1.165, 1.54) is 0 Å². The summed E-state index contributed by atoms with van der Waals surface area (Å²) in [6, 6.07) is 3.56. The number of hydrogen-bond donors (Lipinski definition) is 1. The van der Waals surface area contributed by atoms with Crippen LogP contribution in [0.15, 0.2) is 16.5 Å². The van der Waals surface area contributed by atoms with E-state index in [1.54, 1.807) is 6.07 Å². The van der Waals surface area contributed by atoms with Crippen molar-refractivity contribution in [2.24, 2.45) is 5.73 Å². The highest BCUT2D eigenvalue weighted by Gasteiger charge is 2.08. The van der Waals surface area contributed by atoms with Gasteiger partial charge < -0.3 is 10.2 Å². The third-order valence-electron chi connectivity index (χ3n) is 1.83. The average molecular weight is 188 g/mol. The van der Waals surface area contributed by atoms with Gasteiger partial charge in [0.05, 0.1) is 6.04 Å². The fraction of sp³-hybridized carbons (Fsp3) is 0.556. The molecule has 0 amide bonds. The van der Waals surface area contributed by atoms with Gasteiger partial charge in [0.2, 0.25) is 0 Å². The first-order valence-electron chi connectivity index (χ1n) is 4.25. The highest BCUT2D eigenvalue weighted by atomic mass is 35.5. The van der Waals surface area contributed by atoms with Gasteiger partial charge in [-0.25, -0.2) is 0 Å². The van der Waals surface area contributed by atoms with Crippen LogP contribution in [0.5, 0.6) is 0 Å². The summed E-state index contributed by atoms with van der Waals surface area (Å²) in [5.41, 5.74) is 5.84. The second-order valence-corrected chi connectivity index (χ2v) is 3.26. The summed E-state index contributed by atoms with van der Waals surface area (Å²) in [6.07, 6.45) is 3.24. The molecule has 1 aromatic rings. The van der Waals surface area contributed by atoms with Crippen LogP contribution in [-0.2, 0) is 0 Å². The van der Waals surface area contributed by atoms with Gasteiger partial charge in [-0.05, 0) is 30.2 Å². The summed E-state index contributed by atoms with van der Waals surface area (Å²) in [4.78, 5) is 0. The predicted octanol–water partition coefficient (Wildman–Crippen LogP) is 3.12. The largest absolute Gasteiger partial charge is 0.448 e. The maximum atomic E-state index is 5.84. The van der Waals surface area contributed by atoms with Crippen LogP contribution < -0.4 is 5.73 Å². The molecule has 12 heavy (non-hydrogen) atoms. The Morgan fingerprint density at radius 1 is 1.58 bits per heavy atom. The lowest BCUT2D eigenvalue weighted by atomic mass is 10.1. The van der Waals surface area contributed by atoms with E-state index in [0.29, 0.717) is 5.22 Å². The fourth-order valence-corrected chi connectivity index (χ4v) is 1.25. The molecule has 2 nitrogen and oxygen atoms in total. The lowest BCUT2D eigenvalue weighted by Gasteiger charge is -2.06. The Morgan fingerprint density at radius 3 is 2.83 bits per heavy atom. The molecule has 1 atom stereocenters. The highest BCUT2D eigenvalue weighted by Crippen LogP contribution is 2.21. The molecule has 0 saturated heterocycles. The smallest absolute Gasteiger partial charge is 0.193 e. The number of halogens is 1. The van der Waals surface area contributed by atoms with E-state index >= 15 is 0 Å². The Hall–Kier alpha value is -0.470. The van der Waals surface area contributed by atoms with Crippen molar-refractivity contribution >= 4 is 11.6 Å². The van der Waals surface area contributed by atoms with E-state index in [9.17, 15) is 0 Å². The van der Waals surface area contributed by atoms with E-state index in [-0.39, 0.29) is 6.04 Å². The monoisotopic (exact) mass is 187 g/mol. The normalized spacial score (nSPS) is 13.2. The van der Waals surface area contributed by atoms with Crippen LogP contribution in [0, 0.1) is 0 Å². The molecule has 0 aliphatic carbocycles. The van der Waals surface area contributed by atoms with Crippen molar-refractivity contribution in [1.82, 2.24) is 0 Å². The van der Waals surface area contributed by atoms with Gasteiger partial charge in [0.15, 0.2) is 5.22 Å². The first-order chi connectivity index (χ1) is 5.74. The highest BCUT2D eigenvalue weighted by molar-refractivity contribution is 6.28. The lowest BCUT2D eigenvalue weighted by molar-refractivity contribution is 0.446. The molecular formula is C9H14ClNO. The van der Waals surface area contributed by atoms with Crippen molar-refractivity contribution in [2.75, 3.05) is 0 Å². The van der Waals surface area contributed by atoms with Crippen molar-refractivity contribution in [3.8, 4) is 0 Å². The van der Waals surface area contributed by atoms with Crippen LogP contribution in [0.25, 0.3) is 0 Å². The Balaban J connectivity index is 2.47. The van der Waals surface area contributed by atoms with Crippen LogP contribution >= 0.6 is 11.6 Å². The third-order valence-corrected chi connectivity index (χ3v) is 2.03. The fourth-order valence-electron chi connectivity index (χ4n) is 1.09. The third kappa shape index (κ3) is 2.54. The van der Waals surface area contributed by atoms with Crippen LogP contribution in [-0.4, -0.2) is 0 Å². The van der Waals surface area contributed by atoms with E-state index in [1.807, 2.05) is 6.07 Å². The zero-order valence-corrected chi connectivity index (χ0v) is 7.97. The summed E-state index contributed by atoms with van der Waals surface area (Å²) in [5, 5.41) is 0.414. The van der Waals surface area contributed by atoms with Crippen LogP contribution in [0.4, 0.5) is 0 Å². The second-order valence-electron chi connectivity index (χ2n) is 2.89. The number of nitrogens with two attached hydrogens (primary N) is 1. The maximum Gasteiger partial charge on any atom is 0.193 e. The van der Waals surface area contributed by atoms with Gasteiger partial charge in [-0.1, -0.05) is 19.8 Å². The lowest BCUT2D eigenvalue weighted by Crippen LogP contribution is -2.08. The standard InChI is InChI=1S/C9H14ClNO/c1-2-3-4-7(11)8-5-6-9(10)12-8/h5-7H,2-4,11H2,1H3.